The van der Waals surface area contributed by atoms with Crippen LogP contribution in [0.4, 0.5) is 0 Å². The summed E-state index contributed by atoms with van der Waals surface area (Å²) in [6.45, 7) is 1.72. The number of thioether (sulfide) groups is 1. The van der Waals surface area contributed by atoms with Crippen LogP contribution in [0.25, 0.3) is 0 Å². The molecule has 5 nitrogen and oxygen atoms in total. The predicted octanol–water partition coefficient (Wildman–Crippen LogP) is 3.35. The van der Waals surface area contributed by atoms with Crippen LogP contribution in [0.15, 0.2) is 35.3 Å². The molecule has 148 valence electrons. The van der Waals surface area contributed by atoms with E-state index in [1.165, 1.54) is 25.0 Å². The molecule has 0 aromatic heterocycles. The minimum Gasteiger partial charge on any atom is -0.356 e. The van der Waals surface area contributed by atoms with Crippen molar-refractivity contribution in [2.24, 2.45) is 4.99 Å². The highest BCUT2D eigenvalue weighted by atomic mass is 127. The van der Waals surface area contributed by atoms with E-state index in [0.29, 0.717) is 12.5 Å². The average Bonchev–Trinajstić information content (AvgIpc) is 2.63. The maximum Gasteiger partial charge on any atom is 0.241 e. The highest BCUT2D eigenvalue weighted by Gasteiger charge is 2.05. The molecule has 0 spiro atoms. The first-order valence-electron chi connectivity index (χ1n) is 8.88. The van der Waals surface area contributed by atoms with E-state index in [4.69, 9.17) is 0 Å². The van der Waals surface area contributed by atoms with Crippen molar-refractivity contribution in [2.45, 2.75) is 32.2 Å². The number of halogens is 1. The number of hydrogen-bond acceptors (Lipinski definition) is 3. The van der Waals surface area contributed by atoms with Gasteiger partial charge < -0.3 is 15.5 Å². The number of carbonyl (C=O) groups excluding carboxylic acids is 1. The van der Waals surface area contributed by atoms with Gasteiger partial charge in [0.05, 0.1) is 13.1 Å². The van der Waals surface area contributed by atoms with Gasteiger partial charge in [0, 0.05) is 20.6 Å². The van der Waals surface area contributed by atoms with Crippen LogP contribution in [0.1, 0.15) is 31.2 Å². The quantitative estimate of drug-likeness (QED) is 0.215. The zero-order valence-electron chi connectivity index (χ0n) is 16.2. The Bertz CT molecular complexity index is 512. The zero-order valence-corrected chi connectivity index (χ0v) is 19.3. The zero-order chi connectivity index (χ0) is 18.3. The SMILES string of the molecule is CSCCCCCCNC(=NCc1ccccc1)NCC(=O)N(C)C.I. The van der Waals surface area contributed by atoms with Crippen molar-refractivity contribution in [3.8, 4) is 0 Å². The lowest BCUT2D eigenvalue weighted by molar-refractivity contribution is -0.127. The van der Waals surface area contributed by atoms with Crippen LogP contribution in [-0.2, 0) is 11.3 Å². The topological polar surface area (TPSA) is 56.7 Å². The first-order valence-corrected chi connectivity index (χ1v) is 10.3. The van der Waals surface area contributed by atoms with E-state index in [2.05, 4.69) is 34.0 Å². The molecule has 0 radical (unpaired) electrons. The van der Waals surface area contributed by atoms with Gasteiger partial charge in [0.1, 0.15) is 0 Å². The van der Waals surface area contributed by atoms with Crippen LogP contribution in [0.2, 0.25) is 0 Å². The Balaban J connectivity index is 0.00000625. The van der Waals surface area contributed by atoms with E-state index in [0.717, 1.165) is 18.5 Å². The van der Waals surface area contributed by atoms with E-state index < -0.39 is 0 Å². The minimum absolute atomic E-state index is 0. The summed E-state index contributed by atoms with van der Waals surface area (Å²) in [7, 11) is 3.51. The number of aliphatic imine (C=N–C) groups is 1. The number of guanidine groups is 1. The van der Waals surface area contributed by atoms with Gasteiger partial charge in [-0.05, 0) is 30.4 Å². The van der Waals surface area contributed by atoms with E-state index in [-0.39, 0.29) is 36.4 Å². The van der Waals surface area contributed by atoms with Crippen molar-refractivity contribution in [1.82, 2.24) is 15.5 Å². The van der Waals surface area contributed by atoms with Gasteiger partial charge in [0.15, 0.2) is 5.96 Å². The molecule has 1 aromatic rings. The maximum absolute atomic E-state index is 11.8. The molecule has 0 atom stereocenters. The summed E-state index contributed by atoms with van der Waals surface area (Å²) in [6, 6.07) is 10.1. The Morgan fingerprint density at radius 3 is 2.42 bits per heavy atom. The van der Waals surface area contributed by atoms with Gasteiger partial charge in [0.25, 0.3) is 0 Å². The summed E-state index contributed by atoms with van der Waals surface area (Å²) in [6.07, 6.45) is 7.03. The Labute approximate surface area is 179 Å². The molecule has 0 aliphatic carbocycles. The number of likely N-dealkylation sites (N-methyl/N-ethyl adjacent to an activating group) is 1. The van der Waals surface area contributed by atoms with E-state index in [1.54, 1.807) is 19.0 Å². The number of hydrogen-bond donors (Lipinski definition) is 2. The smallest absolute Gasteiger partial charge is 0.241 e. The predicted molar refractivity (Wildman–Crippen MR) is 125 cm³/mol. The number of nitrogens with one attached hydrogen (secondary N) is 2. The highest BCUT2D eigenvalue weighted by molar-refractivity contribution is 14.0. The molecule has 0 fully saturated rings. The monoisotopic (exact) mass is 492 g/mol. The molecule has 0 bridgehead atoms. The second-order valence-electron chi connectivity index (χ2n) is 6.13. The van der Waals surface area contributed by atoms with Crippen molar-refractivity contribution in [2.75, 3.05) is 39.2 Å². The van der Waals surface area contributed by atoms with Crippen molar-refractivity contribution < 1.29 is 4.79 Å². The van der Waals surface area contributed by atoms with Crippen molar-refractivity contribution >= 4 is 47.6 Å². The number of nitrogens with zero attached hydrogens (tertiary/aromatic N) is 2. The fourth-order valence-electron chi connectivity index (χ4n) is 2.18. The summed E-state index contributed by atoms with van der Waals surface area (Å²) in [5.41, 5.74) is 1.15. The third kappa shape index (κ3) is 12.4. The second kappa shape index (κ2) is 16.2. The fourth-order valence-corrected chi connectivity index (χ4v) is 2.67. The van der Waals surface area contributed by atoms with Gasteiger partial charge in [-0.3, -0.25) is 4.79 Å². The molecule has 2 N–H and O–H groups in total. The second-order valence-corrected chi connectivity index (χ2v) is 7.11. The van der Waals surface area contributed by atoms with Crippen LogP contribution in [0, 0.1) is 0 Å². The summed E-state index contributed by atoms with van der Waals surface area (Å²) < 4.78 is 0. The molecule has 0 aliphatic rings. The van der Waals surface area contributed by atoms with Crippen LogP contribution in [0.3, 0.4) is 0 Å². The van der Waals surface area contributed by atoms with Gasteiger partial charge in [0.2, 0.25) is 5.91 Å². The van der Waals surface area contributed by atoms with Crippen LogP contribution < -0.4 is 10.6 Å². The molecule has 0 saturated carbocycles. The van der Waals surface area contributed by atoms with Crippen molar-refractivity contribution in [3.63, 3.8) is 0 Å². The van der Waals surface area contributed by atoms with Crippen molar-refractivity contribution in [3.05, 3.63) is 35.9 Å². The summed E-state index contributed by atoms with van der Waals surface area (Å²) >= 11 is 1.91. The lowest BCUT2D eigenvalue weighted by Crippen LogP contribution is -2.43. The summed E-state index contributed by atoms with van der Waals surface area (Å²) in [5.74, 6) is 1.97. The molecule has 1 rings (SSSR count). The van der Waals surface area contributed by atoms with Gasteiger partial charge in [-0.25, -0.2) is 4.99 Å². The van der Waals surface area contributed by atoms with E-state index in [1.807, 2.05) is 30.0 Å². The normalized spacial score (nSPS) is 10.8. The van der Waals surface area contributed by atoms with E-state index >= 15 is 0 Å². The number of benzene rings is 1. The molecule has 7 heteroatoms. The number of unbranched alkanes of at least 4 members (excludes halogenated alkanes) is 3. The first-order chi connectivity index (χ1) is 12.1. The largest absolute Gasteiger partial charge is 0.356 e. The van der Waals surface area contributed by atoms with Crippen LogP contribution >= 0.6 is 35.7 Å². The maximum atomic E-state index is 11.8. The molecule has 1 amide bonds. The van der Waals surface area contributed by atoms with E-state index in [9.17, 15) is 4.79 Å². The number of rotatable bonds is 11. The van der Waals surface area contributed by atoms with Crippen LogP contribution in [-0.4, -0.2) is 56.0 Å². The number of amides is 1. The lowest BCUT2D eigenvalue weighted by atomic mass is 10.2. The average molecular weight is 492 g/mol. The Hall–Kier alpha value is -0.960. The molecular weight excluding hydrogens is 459 g/mol. The standard InChI is InChI=1S/C19H32N4OS.HI/c1-23(2)18(24)16-22-19(20-13-9-4-5-10-14-25-3)21-15-17-11-7-6-8-12-17;/h6-8,11-12H,4-5,9-10,13-16H2,1-3H3,(H2,20,21,22);1H. The third-order valence-corrected chi connectivity index (χ3v) is 4.43. The molecule has 0 saturated heterocycles. The molecular formula is C19H33IN4OS. The minimum atomic E-state index is 0. The molecule has 26 heavy (non-hydrogen) atoms. The molecule has 0 aliphatic heterocycles. The van der Waals surface area contributed by atoms with Crippen LogP contribution in [0.5, 0.6) is 0 Å². The van der Waals surface area contributed by atoms with Gasteiger partial charge in [-0.1, -0.05) is 43.2 Å². The Morgan fingerprint density at radius 2 is 1.77 bits per heavy atom. The Morgan fingerprint density at radius 1 is 1.08 bits per heavy atom. The Kier molecular flexibility index (Phi) is 15.6. The lowest BCUT2D eigenvalue weighted by Gasteiger charge is -2.15. The third-order valence-electron chi connectivity index (χ3n) is 3.74. The summed E-state index contributed by atoms with van der Waals surface area (Å²) in [4.78, 5) is 17.9. The van der Waals surface area contributed by atoms with Gasteiger partial charge in [-0.15, -0.1) is 24.0 Å². The fraction of sp³-hybridized carbons (Fsp3) is 0.579. The summed E-state index contributed by atoms with van der Waals surface area (Å²) in [5, 5.41) is 6.46. The first kappa shape index (κ1) is 25.0. The number of carbonyl (C=O) groups is 1. The van der Waals surface area contributed by atoms with Gasteiger partial charge in [-0.2, -0.15) is 11.8 Å². The molecule has 1 aromatic carbocycles. The van der Waals surface area contributed by atoms with Gasteiger partial charge >= 0.3 is 0 Å². The van der Waals surface area contributed by atoms with Crippen molar-refractivity contribution in [1.29, 1.82) is 0 Å². The highest BCUT2D eigenvalue weighted by Crippen LogP contribution is 2.04. The molecule has 0 heterocycles. The molecule has 0 unspecified atom stereocenters.